The number of carbonyl (C=O) groups excluding carboxylic acids is 1. The van der Waals surface area contributed by atoms with Crippen molar-refractivity contribution in [3.8, 4) is 0 Å². The summed E-state index contributed by atoms with van der Waals surface area (Å²) < 4.78 is 13.7. The molecule has 2 aromatic carbocycles. The monoisotopic (exact) mass is 314 g/mol. The highest BCUT2D eigenvalue weighted by Crippen LogP contribution is 2.11. The van der Waals surface area contributed by atoms with E-state index in [1.54, 1.807) is 30.1 Å². The first-order chi connectivity index (χ1) is 11.0. The van der Waals surface area contributed by atoms with E-state index in [4.69, 9.17) is 0 Å². The molecule has 0 radical (unpaired) electrons. The molecule has 0 atom stereocenters. The second-order valence-electron chi connectivity index (χ2n) is 5.94. The molecule has 0 unspecified atom stereocenters. The SMILES string of the molecule is Cc1ccccc1CN(C)CC(=O)N(C)Cc1ccccc1F. The Bertz CT molecular complexity index is 672. The smallest absolute Gasteiger partial charge is 0.236 e. The van der Waals surface area contributed by atoms with Gasteiger partial charge in [0.15, 0.2) is 0 Å². The summed E-state index contributed by atoms with van der Waals surface area (Å²) in [5.41, 5.74) is 2.95. The number of aryl methyl sites for hydroxylation is 1. The van der Waals surface area contributed by atoms with Gasteiger partial charge in [0.1, 0.15) is 5.82 Å². The van der Waals surface area contributed by atoms with Gasteiger partial charge in [0.05, 0.1) is 6.54 Å². The van der Waals surface area contributed by atoms with E-state index in [2.05, 4.69) is 19.1 Å². The molecule has 0 aliphatic rings. The number of rotatable bonds is 6. The van der Waals surface area contributed by atoms with Crippen LogP contribution >= 0.6 is 0 Å². The van der Waals surface area contributed by atoms with Crippen LogP contribution in [-0.2, 0) is 17.9 Å². The molecule has 2 rings (SSSR count). The van der Waals surface area contributed by atoms with Crippen molar-refractivity contribution >= 4 is 5.91 Å². The Kier molecular flexibility index (Phi) is 5.88. The van der Waals surface area contributed by atoms with Crippen molar-refractivity contribution in [1.29, 1.82) is 0 Å². The van der Waals surface area contributed by atoms with Gasteiger partial charge in [-0.15, -0.1) is 0 Å². The van der Waals surface area contributed by atoms with Gasteiger partial charge in [-0.05, 0) is 31.2 Å². The van der Waals surface area contributed by atoms with Gasteiger partial charge in [0.25, 0.3) is 0 Å². The van der Waals surface area contributed by atoms with Crippen LogP contribution in [0, 0.1) is 12.7 Å². The Labute approximate surface area is 137 Å². The first-order valence-corrected chi connectivity index (χ1v) is 7.68. The highest BCUT2D eigenvalue weighted by atomic mass is 19.1. The fraction of sp³-hybridized carbons (Fsp3) is 0.316. The van der Waals surface area contributed by atoms with Crippen LogP contribution in [-0.4, -0.2) is 36.3 Å². The molecule has 2 aromatic rings. The van der Waals surface area contributed by atoms with Crippen molar-refractivity contribution in [3.05, 3.63) is 71.0 Å². The minimum atomic E-state index is -0.277. The largest absolute Gasteiger partial charge is 0.340 e. The zero-order chi connectivity index (χ0) is 16.8. The van der Waals surface area contributed by atoms with Gasteiger partial charge in [-0.25, -0.2) is 4.39 Å². The van der Waals surface area contributed by atoms with Crippen molar-refractivity contribution in [2.24, 2.45) is 0 Å². The maximum Gasteiger partial charge on any atom is 0.236 e. The third-order valence-corrected chi connectivity index (χ3v) is 3.90. The zero-order valence-electron chi connectivity index (χ0n) is 13.9. The fourth-order valence-electron chi connectivity index (χ4n) is 2.46. The summed E-state index contributed by atoms with van der Waals surface area (Å²) in [6.45, 7) is 3.37. The molecule has 0 saturated carbocycles. The Morgan fingerprint density at radius 1 is 0.957 bits per heavy atom. The molecule has 3 nitrogen and oxygen atoms in total. The third-order valence-electron chi connectivity index (χ3n) is 3.90. The Morgan fingerprint density at radius 2 is 1.57 bits per heavy atom. The molecular formula is C19H23FN2O. The second kappa shape index (κ2) is 7.88. The van der Waals surface area contributed by atoms with Gasteiger partial charge in [-0.2, -0.15) is 0 Å². The Balaban J connectivity index is 1.90. The quantitative estimate of drug-likeness (QED) is 0.817. The van der Waals surface area contributed by atoms with E-state index >= 15 is 0 Å². The van der Waals surface area contributed by atoms with E-state index in [-0.39, 0.29) is 18.3 Å². The van der Waals surface area contributed by atoms with E-state index in [1.165, 1.54) is 17.2 Å². The van der Waals surface area contributed by atoms with Gasteiger partial charge in [-0.3, -0.25) is 9.69 Å². The number of halogens is 1. The van der Waals surface area contributed by atoms with Crippen LogP contribution in [0.4, 0.5) is 4.39 Å². The van der Waals surface area contributed by atoms with Gasteiger partial charge >= 0.3 is 0 Å². The summed E-state index contributed by atoms with van der Waals surface area (Å²) in [6, 6.07) is 14.7. The standard InChI is InChI=1S/C19H23FN2O/c1-15-8-4-5-9-16(15)12-21(2)14-19(23)22(3)13-17-10-6-7-11-18(17)20/h4-11H,12-14H2,1-3H3. The van der Waals surface area contributed by atoms with Crippen LogP contribution in [0.25, 0.3) is 0 Å². The van der Waals surface area contributed by atoms with Crippen molar-refractivity contribution in [1.82, 2.24) is 9.80 Å². The highest BCUT2D eigenvalue weighted by molar-refractivity contribution is 5.78. The average Bonchev–Trinajstić information content (AvgIpc) is 2.51. The van der Waals surface area contributed by atoms with Gasteiger partial charge < -0.3 is 4.90 Å². The van der Waals surface area contributed by atoms with Gasteiger partial charge in [0, 0.05) is 25.7 Å². The maximum atomic E-state index is 13.7. The Hall–Kier alpha value is -2.20. The molecule has 0 fully saturated rings. The molecular weight excluding hydrogens is 291 g/mol. The summed E-state index contributed by atoms with van der Waals surface area (Å²) in [6.07, 6.45) is 0. The molecule has 0 aliphatic heterocycles. The second-order valence-corrected chi connectivity index (χ2v) is 5.94. The molecule has 0 bridgehead atoms. The Morgan fingerprint density at radius 3 is 2.22 bits per heavy atom. The molecule has 1 amide bonds. The topological polar surface area (TPSA) is 23.6 Å². The van der Waals surface area contributed by atoms with Gasteiger partial charge in [0.2, 0.25) is 5.91 Å². The predicted octanol–water partition coefficient (Wildman–Crippen LogP) is 3.22. The van der Waals surface area contributed by atoms with E-state index in [0.29, 0.717) is 18.7 Å². The molecule has 0 aromatic heterocycles. The number of nitrogens with zero attached hydrogens (tertiary/aromatic N) is 2. The van der Waals surface area contributed by atoms with E-state index < -0.39 is 0 Å². The van der Waals surface area contributed by atoms with E-state index in [1.807, 2.05) is 24.1 Å². The summed E-state index contributed by atoms with van der Waals surface area (Å²) in [7, 11) is 3.62. The lowest BCUT2D eigenvalue weighted by Gasteiger charge is -2.22. The first kappa shape index (κ1) is 17.2. The van der Waals surface area contributed by atoms with Crippen LogP contribution in [0.15, 0.2) is 48.5 Å². The third kappa shape index (κ3) is 4.89. The van der Waals surface area contributed by atoms with Crippen LogP contribution in [0.3, 0.4) is 0 Å². The maximum absolute atomic E-state index is 13.7. The highest BCUT2D eigenvalue weighted by Gasteiger charge is 2.14. The lowest BCUT2D eigenvalue weighted by Crippen LogP contribution is -2.36. The number of benzene rings is 2. The fourth-order valence-corrected chi connectivity index (χ4v) is 2.46. The van der Waals surface area contributed by atoms with E-state index in [9.17, 15) is 9.18 Å². The van der Waals surface area contributed by atoms with Crippen molar-refractivity contribution < 1.29 is 9.18 Å². The molecule has 0 heterocycles. The molecule has 0 spiro atoms. The predicted molar refractivity (Wildman–Crippen MR) is 90.4 cm³/mol. The van der Waals surface area contributed by atoms with E-state index in [0.717, 1.165) is 0 Å². The van der Waals surface area contributed by atoms with Gasteiger partial charge in [-0.1, -0.05) is 42.5 Å². The van der Waals surface area contributed by atoms with Crippen LogP contribution in [0.1, 0.15) is 16.7 Å². The number of carbonyl (C=O) groups is 1. The zero-order valence-corrected chi connectivity index (χ0v) is 13.9. The molecule has 0 aliphatic carbocycles. The van der Waals surface area contributed by atoms with Crippen molar-refractivity contribution in [3.63, 3.8) is 0 Å². The van der Waals surface area contributed by atoms with Crippen LogP contribution in [0.2, 0.25) is 0 Å². The lowest BCUT2D eigenvalue weighted by molar-refractivity contribution is -0.131. The van der Waals surface area contributed by atoms with Crippen LogP contribution < -0.4 is 0 Å². The molecule has 122 valence electrons. The molecule has 0 saturated heterocycles. The number of hydrogen-bond donors (Lipinski definition) is 0. The number of hydrogen-bond acceptors (Lipinski definition) is 2. The minimum absolute atomic E-state index is 0.0238. The summed E-state index contributed by atoms with van der Waals surface area (Å²) in [5, 5.41) is 0. The first-order valence-electron chi connectivity index (χ1n) is 7.68. The van der Waals surface area contributed by atoms with Crippen LogP contribution in [0.5, 0.6) is 0 Å². The molecule has 0 N–H and O–H groups in total. The lowest BCUT2D eigenvalue weighted by atomic mass is 10.1. The number of amides is 1. The molecule has 23 heavy (non-hydrogen) atoms. The summed E-state index contributed by atoms with van der Waals surface area (Å²) >= 11 is 0. The normalized spacial score (nSPS) is 10.8. The van der Waals surface area contributed by atoms with Crippen molar-refractivity contribution in [2.75, 3.05) is 20.6 Å². The molecule has 4 heteroatoms. The summed E-state index contributed by atoms with van der Waals surface area (Å²) in [5.74, 6) is -0.301. The average molecular weight is 314 g/mol. The van der Waals surface area contributed by atoms with Crippen molar-refractivity contribution in [2.45, 2.75) is 20.0 Å². The summed E-state index contributed by atoms with van der Waals surface area (Å²) in [4.78, 5) is 15.8. The minimum Gasteiger partial charge on any atom is -0.340 e. The number of likely N-dealkylation sites (N-methyl/N-ethyl adjacent to an activating group) is 2.